The van der Waals surface area contributed by atoms with Gasteiger partial charge in [-0.1, -0.05) is 0 Å². The highest BCUT2D eigenvalue weighted by molar-refractivity contribution is 4.78. The van der Waals surface area contributed by atoms with E-state index in [1.807, 2.05) is 0 Å². The number of likely N-dealkylation sites (N-methyl/N-ethyl adjacent to an activating group) is 1. The van der Waals surface area contributed by atoms with E-state index in [4.69, 9.17) is 0 Å². The Hall–Kier alpha value is -0.0800. The minimum Gasteiger partial charge on any atom is -0.309 e. The van der Waals surface area contributed by atoms with Crippen molar-refractivity contribution in [2.45, 2.75) is 25.9 Å². The largest absolute Gasteiger partial charge is 0.309 e. The molecule has 1 aliphatic heterocycles. The van der Waals surface area contributed by atoms with Gasteiger partial charge in [-0.2, -0.15) is 0 Å². The smallest absolute Gasteiger partial charge is 0.0169 e. The molecule has 1 aliphatic rings. The highest BCUT2D eigenvalue weighted by atomic mass is 15.2. The number of hydrogen-bond acceptors (Lipinski definition) is 2. The Morgan fingerprint density at radius 3 is 2.00 bits per heavy atom. The van der Waals surface area contributed by atoms with Crippen LogP contribution >= 0.6 is 0 Å². The van der Waals surface area contributed by atoms with Gasteiger partial charge in [0, 0.05) is 25.2 Å². The van der Waals surface area contributed by atoms with Crippen LogP contribution in [0.15, 0.2) is 0 Å². The summed E-state index contributed by atoms with van der Waals surface area (Å²) in [5, 5.41) is 3.47. The van der Waals surface area contributed by atoms with Crippen molar-refractivity contribution in [2.75, 3.05) is 20.1 Å². The minimum absolute atomic E-state index is 0.666. The lowest BCUT2D eigenvalue weighted by Crippen LogP contribution is -2.52. The monoisotopic (exact) mass is 128 g/mol. The zero-order valence-electron chi connectivity index (χ0n) is 6.52. The van der Waals surface area contributed by atoms with Crippen molar-refractivity contribution in [2.24, 2.45) is 0 Å². The molecule has 1 rings (SSSR count). The summed E-state index contributed by atoms with van der Waals surface area (Å²) in [5.41, 5.74) is 0. The van der Waals surface area contributed by atoms with Crippen LogP contribution in [-0.2, 0) is 0 Å². The first-order valence-electron chi connectivity index (χ1n) is 3.63. The molecule has 2 nitrogen and oxygen atoms in total. The molecule has 0 saturated carbocycles. The highest BCUT2D eigenvalue weighted by Crippen LogP contribution is 1.99. The average molecular weight is 128 g/mol. The van der Waals surface area contributed by atoms with Crippen LogP contribution in [0, 0.1) is 0 Å². The molecule has 0 bridgehead atoms. The summed E-state index contributed by atoms with van der Waals surface area (Å²) < 4.78 is 0. The zero-order valence-corrected chi connectivity index (χ0v) is 6.52. The molecular formula is C7H16N2. The van der Waals surface area contributed by atoms with Crippen LogP contribution in [-0.4, -0.2) is 37.1 Å². The molecule has 2 heteroatoms. The molecule has 2 unspecified atom stereocenters. The van der Waals surface area contributed by atoms with Crippen LogP contribution < -0.4 is 5.32 Å². The quantitative estimate of drug-likeness (QED) is 0.504. The summed E-state index contributed by atoms with van der Waals surface area (Å²) in [6.45, 7) is 6.83. The molecule has 0 radical (unpaired) electrons. The van der Waals surface area contributed by atoms with Crippen LogP contribution in [0.4, 0.5) is 0 Å². The van der Waals surface area contributed by atoms with E-state index >= 15 is 0 Å². The minimum atomic E-state index is 0.666. The first-order valence-corrected chi connectivity index (χ1v) is 3.63. The fraction of sp³-hybridized carbons (Fsp3) is 1.00. The molecule has 0 aromatic heterocycles. The van der Waals surface area contributed by atoms with Crippen molar-refractivity contribution in [1.82, 2.24) is 10.2 Å². The first kappa shape index (κ1) is 7.03. The van der Waals surface area contributed by atoms with Gasteiger partial charge in [0.25, 0.3) is 0 Å². The van der Waals surface area contributed by atoms with Crippen LogP contribution in [0.25, 0.3) is 0 Å². The lowest BCUT2D eigenvalue weighted by atomic mass is 10.2. The summed E-state index contributed by atoms with van der Waals surface area (Å²) >= 11 is 0. The van der Waals surface area contributed by atoms with Gasteiger partial charge in [0.05, 0.1) is 0 Å². The Labute approximate surface area is 57.2 Å². The van der Waals surface area contributed by atoms with Crippen molar-refractivity contribution in [3.8, 4) is 0 Å². The highest BCUT2D eigenvalue weighted by Gasteiger charge is 2.16. The summed E-state index contributed by atoms with van der Waals surface area (Å²) in [6, 6.07) is 1.33. The van der Waals surface area contributed by atoms with Crippen LogP contribution in [0.1, 0.15) is 13.8 Å². The Morgan fingerprint density at radius 1 is 1.22 bits per heavy atom. The molecule has 54 valence electrons. The average Bonchev–Trinajstić information content (AvgIpc) is 1.59. The van der Waals surface area contributed by atoms with E-state index in [9.17, 15) is 0 Å². The summed E-state index contributed by atoms with van der Waals surface area (Å²) in [6.07, 6.45) is 0. The van der Waals surface area contributed by atoms with Crippen molar-refractivity contribution < 1.29 is 0 Å². The van der Waals surface area contributed by atoms with E-state index in [0.29, 0.717) is 12.1 Å². The van der Waals surface area contributed by atoms with Gasteiger partial charge in [-0.3, -0.25) is 0 Å². The van der Waals surface area contributed by atoms with Gasteiger partial charge >= 0.3 is 0 Å². The van der Waals surface area contributed by atoms with Gasteiger partial charge in [0.1, 0.15) is 0 Å². The number of hydrogen-bond donors (Lipinski definition) is 1. The topological polar surface area (TPSA) is 15.3 Å². The summed E-state index contributed by atoms with van der Waals surface area (Å²) in [4.78, 5) is 2.37. The van der Waals surface area contributed by atoms with E-state index in [1.165, 1.54) is 13.1 Å². The van der Waals surface area contributed by atoms with E-state index in [-0.39, 0.29) is 0 Å². The summed E-state index contributed by atoms with van der Waals surface area (Å²) in [5.74, 6) is 0. The molecule has 1 saturated heterocycles. The molecule has 9 heavy (non-hydrogen) atoms. The third-order valence-electron chi connectivity index (χ3n) is 1.74. The standard InChI is InChI=1S/C7H16N2/c1-6-4-9(3)5-7(2)8-6/h6-8H,4-5H2,1-3H3. The molecular weight excluding hydrogens is 112 g/mol. The van der Waals surface area contributed by atoms with Gasteiger partial charge in [0.15, 0.2) is 0 Å². The van der Waals surface area contributed by atoms with Crippen LogP contribution in [0.5, 0.6) is 0 Å². The first-order chi connectivity index (χ1) is 4.18. The lowest BCUT2D eigenvalue weighted by Gasteiger charge is -2.33. The van der Waals surface area contributed by atoms with Crippen LogP contribution in [0.2, 0.25) is 0 Å². The SMILES string of the molecule is CC1CN(C)CC(C)N1. The van der Waals surface area contributed by atoms with Gasteiger partial charge < -0.3 is 10.2 Å². The van der Waals surface area contributed by atoms with Gasteiger partial charge in [-0.15, -0.1) is 0 Å². The maximum absolute atomic E-state index is 3.47. The lowest BCUT2D eigenvalue weighted by molar-refractivity contribution is 0.208. The number of nitrogens with one attached hydrogen (secondary N) is 1. The van der Waals surface area contributed by atoms with Gasteiger partial charge in [-0.05, 0) is 20.9 Å². The molecule has 0 spiro atoms. The predicted octanol–water partition coefficient (Wildman–Crippen LogP) is 0.298. The van der Waals surface area contributed by atoms with Crippen molar-refractivity contribution >= 4 is 0 Å². The maximum atomic E-state index is 3.47. The Bertz CT molecular complexity index is 67.9. The third kappa shape index (κ3) is 1.95. The second-order valence-electron chi connectivity index (χ2n) is 3.19. The Morgan fingerprint density at radius 2 is 1.67 bits per heavy atom. The molecule has 0 aromatic carbocycles. The van der Waals surface area contributed by atoms with Gasteiger partial charge in [0.2, 0.25) is 0 Å². The second kappa shape index (κ2) is 2.67. The van der Waals surface area contributed by atoms with Gasteiger partial charge in [-0.25, -0.2) is 0 Å². The fourth-order valence-electron chi connectivity index (χ4n) is 1.60. The molecule has 1 N–H and O–H groups in total. The van der Waals surface area contributed by atoms with E-state index < -0.39 is 0 Å². The van der Waals surface area contributed by atoms with E-state index in [2.05, 4.69) is 31.1 Å². The third-order valence-corrected chi connectivity index (χ3v) is 1.74. The maximum Gasteiger partial charge on any atom is 0.0169 e. The number of nitrogens with zero attached hydrogens (tertiary/aromatic N) is 1. The molecule has 0 aromatic rings. The van der Waals surface area contributed by atoms with Crippen molar-refractivity contribution in [3.05, 3.63) is 0 Å². The molecule has 0 amide bonds. The fourth-order valence-corrected chi connectivity index (χ4v) is 1.60. The predicted molar refractivity (Wildman–Crippen MR) is 39.6 cm³/mol. The Balaban J connectivity index is 2.34. The zero-order chi connectivity index (χ0) is 6.85. The van der Waals surface area contributed by atoms with Crippen LogP contribution in [0.3, 0.4) is 0 Å². The molecule has 1 heterocycles. The summed E-state index contributed by atoms with van der Waals surface area (Å²) in [7, 11) is 2.17. The Kier molecular flexibility index (Phi) is 2.09. The van der Waals surface area contributed by atoms with Crippen molar-refractivity contribution in [3.63, 3.8) is 0 Å². The molecule has 2 atom stereocenters. The van der Waals surface area contributed by atoms with E-state index in [0.717, 1.165) is 0 Å². The number of piperazine rings is 1. The van der Waals surface area contributed by atoms with E-state index in [1.54, 1.807) is 0 Å². The number of rotatable bonds is 0. The second-order valence-corrected chi connectivity index (χ2v) is 3.19. The normalized spacial score (nSPS) is 39.0. The van der Waals surface area contributed by atoms with Crippen molar-refractivity contribution in [1.29, 1.82) is 0 Å². The molecule has 0 aliphatic carbocycles. The molecule has 1 fully saturated rings.